The molecule has 0 aromatic heterocycles. The zero-order valence-corrected chi connectivity index (χ0v) is 16.2. The number of amides is 1. The number of aliphatic imine (C=N–C) groups is 1. The largest absolute Gasteiger partial charge is 0.379 e. The Bertz CT molecular complexity index is 1100. The lowest BCUT2D eigenvalue weighted by atomic mass is 9.89. The van der Waals surface area contributed by atoms with Crippen LogP contribution in [0.5, 0.6) is 0 Å². The van der Waals surface area contributed by atoms with Crippen LogP contribution in [0.25, 0.3) is 10.8 Å². The van der Waals surface area contributed by atoms with Gasteiger partial charge in [0.1, 0.15) is 5.82 Å². The van der Waals surface area contributed by atoms with Gasteiger partial charge in [-0.25, -0.2) is 4.39 Å². The SMILES string of the molecule is CC1(c2ccc(F)c(NC(=O)c3ccc4ccccc4c3)c2)CCSC(N)=N1. The van der Waals surface area contributed by atoms with Crippen LogP contribution < -0.4 is 11.1 Å². The molecule has 6 heteroatoms. The molecule has 1 aliphatic heterocycles. The molecule has 4 rings (SSSR count). The van der Waals surface area contributed by atoms with Crippen molar-refractivity contribution in [2.24, 2.45) is 10.7 Å². The molecule has 3 aromatic carbocycles. The van der Waals surface area contributed by atoms with Crippen LogP contribution in [-0.4, -0.2) is 16.8 Å². The molecule has 1 heterocycles. The number of thioether (sulfide) groups is 1. The Morgan fingerprint density at radius 1 is 1.14 bits per heavy atom. The maximum Gasteiger partial charge on any atom is 0.255 e. The van der Waals surface area contributed by atoms with Crippen LogP contribution in [0.4, 0.5) is 10.1 Å². The fourth-order valence-corrected chi connectivity index (χ4v) is 4.35. The van der Waals surface area contributed by atoms with Crippen molar-refractivity contribution >= 4 is 39.3 Å². The van der Waals surface area contributed by atoms with Gasteiger partial charge in [0.25, 0.3) is 5.91 Å². The zero-order valence-electron chi connectivity index (χ0n) is 15.4. The lowest BCUT2D eigenvalue weighted by Gasteiger charge is -2.30. The Hall–Kier alpha value is -2.86. The van der Waals surface area contributed by atoms with Gasteiger partial charge in [0.15, 0.2) is 5.17 Å². The van der Waals surface area contributed by atoms with E-state index in [0.717, 1.165) is 28.5 Å². The number of fused-ring (bicyclic) bond motifs is 1. The third-order valence-electron chi connectivity index (χ3n) is 5.04. The second-order valence-electron chi connectivity index (χ2n) is 7.03. The van der Waals surface area contributed by atoms with Crippen molar-refractivity contribution in [3.05, 3.63) is 77.6 Å². The van der Waals surface area contributed by atoms with E-state index in [1.807, 2.05) is 37.3 Å². The normalized spacial score (nSPS) is 19.3. The number of carbonyl (C=O) groups is 1. The molecule has 4 nitrogen and oxygen atoms in total. The number of nitrogens with one attached hydrogen (secondary N) is 1. The minimum absolute atomic E-state index is 0.142. The fourth-order valence-electron chi connectivity index (χ4n) is 3.38. The van der Waals surface area contributed by atoms with Crippen molar-refractivity contribution in [3.8, 4) is 0 Å². The lowest BCUT2D eigenvalue weighted by molar-refractivity contribution is 0.102. The Morgan fingerprint density at radius 2 is 1.93 bits per heavy atom. The standard InChI is InChI=1S/C22H20FN3OS/c1-22(10-11-28-21(24)26-22)17-8-9-18(23)19(13-17)25-20(27)16-7-6-14-4-2-3-5-15(14)12-16/h2-9,12-13H,10-11H2,1H3,(H2,24,26)(H,25,27). The van der Waals surface area contributed by atoms with Crippen molar-refractivity contribution in [2.45, 2.75) is 18.9 Å². The minimum Gasteiger partial charge on any atom is -0.379 e. The van der Waals surface area contributed by atoms with Crippen LogP contribution in [0.3, 0.4) is 0 Å². The van der Waals surface area contributed by atoms with Gasteiger partial charge in [-0.3, -0.25) is 9.79 Å². The molecule has 0 radical (unpaired) electrons. The molecule has 3 aromatic rings. The summed E-state index contributed by atoms with van der Waals surface area (Å²) in [6, 6.07) is 17.9. The van der Waals surface area contributed by atoms with E-state index in [2.05, 4.69) is 10.3 Å². The van der Waals surface area contributed by atoms with Gasteiger partial charge < -0.3 is 11.1 Å². The van der Waals surface area contributed by atoms with E-state index in [9.17, 15) is 9.18 Å². The molecule has 1 unspecified atom stereocenters. The number of hydrogen-bond acceptors (Lipinski definition) is 4. The molecular weight excluding hydrogens is 373 g/mol. The smallest absolute Gasteiger partial charge is 0.255 e. The van der Waals surface area contributed by atoms with Gasteiger partial charge in [-0.05, 0) is 53.9 Å². The van der Waals surface area contributed by atoms with E-state index in [1.54, 1.807) is 24.3 Å². The monoisotopic (exact) mass is 393 g/mol. The fraction of sp³-hybridized carbons (Fsp3) is 0.182. The van der Waals surface area contributed by atoms with Gasteiger partial charge >= 0.3 is 0 Å². The number of benzene rings is 3. The first-order valence-corrected chi connectivity index (χ1v) is 10.0. The first kappa shape index (κ1) is 18.5. The number of halogens is 1. The van der Waals surface area contributed by atoms with Crippen LogP contribution in [-0.2, 0) is 5.54 Å². The highest BCUT2D eigenvalue weighted by Crippen LogP contribution is 2.36. The quantitative estimate of drug-likeness (QED) is 0.665. The predicted octanol–water partition coefficient (Wildman–Crippen LogP) is 4.90. The minimum atomic E-state index is -0.522. The number of hydrogen-bond donors (Lipinski definition) is 2. The molecule has 0 aliphatic carbocycles. The summed E-state index contributed by atoms with van der Waals surface area (Å²) in [7, 11) is 0. The molecule has 0 fully saturated rings. The summed E-state index contributed by atoms with van der Waals surface area (Å²) in [5, 5.41) is 5.23. The van der Waals surface area contributed by atoms with E-state index >= 15 is 0 Å². The van der Waals surface area contributed by atoms with Crippen molar-refractivity contribution in [1.82, 2.24) is 0 Å². The molecule has 0 bridgehead atoms. The molecule has 1 amide bonds. The highest BCUT2D eigenvalue weighted by atomic mass is 32.2. The molecule has 1 atom stereocenters. The second-order valence-corrected chi connectivity index (χ2v) is 8.15. The average molecular weight is 393 g/mol. The van der Waals surface area contributed by atoms with Crippen molar-refractivity contribution in [1.29, 1.82) is 0 Å². The van der Waals surface area contributed by atoms with Crippen LogP contribution in [0.1, 0.15) is 29.3 Å². The Kier molecular flexibility index (Phi) is 4.81. The predicted molar refractivity (Wildman–Crippen MR) is 114 cm³/mol. The van der Waals surface area contributed by atoms with Gasteiger partial charge in [0.05, 0.1) is 11.2 Å². The van der Waals surface area contributed by atoms with Crippen molar-refractivity contribution < 1.29 is 9.18 Å². The molecule has 0 saturated heterocycles. The number of carbonyl (C=O) groups excluding carboxylic acids is 1. The summed E-state index contributed by atoms with van der Waals surface area (Å²) >= 11 is 1.52. The third kappa shape index (κ3) is 3.60. The first-order chi connectivity index (χ1) is 13.4. The van der Waals surface area contributed by atoms with Gasteiger partial charge in [-0.1, -0.05) is 48.2 Å². The van der Waals surface area contributed by atoms with Gasteiger partial charge in [0, 0.05) is 11.3 Å². The number of nitrogens with two attached hydrogens (primary N) is 1. The Balaban J connectivity index is 1.63. The Labute approximate surface area is 167 Å². The summed E-state index contributed by atoms with van der Waals surface area (Å²) < 4.78 is 14.4. The summed E-state index contributed by atoms with van der Waals surface area (Å²) in [4.78, 5) is 17.2. The average Bonchev–Trinajstić information content (AvgIpc) is 2.69. The number of amidine groups is 1. The summed E-state index contributed by atoms with van der Waals surface area (Å²) in [5.41, 5.74) is 6.81. The molecule has 142 valence electrons. The van der Waals surface area contributed by atoms with Crippen LogP contribution >= 0.6 is 11.8 Å². The van der Waals surface area contributed by atoms with Gasteiger partial charge in [0.2, 0.25) is 0 Å². The highest BCUT2D eigenvalue weighted by Gasteiger charge is 2.30. The highest BCUT2D eigenvalue weighted by molar-refractivity contribution is 8.13. The van der Waals surface area contributed by atoms with Crippen LogP contribution in [0.2, 0.25) is 0 Å². The van der Waals surface area contributed by atoms with E-state index < -0.39 is 11.4 Å². The zero-order chi connectivity index (χ0) is 19.7. The maximum absolute atomic E-state index is 14.4. The first-order valence-electron chi connectivity index (χ1n) is 9.03. The lowest BCUT2D eigenvalue weighted by Crippen LogP contribution is -2.29. The van der Waals surface area contributed by atoms with E-state index in [1.165, 1.54) is 17.8 Å². The summed E-state index contributed by atoms with van der Waals surface area (Å²) in [6.45, 7) is 1.97. The topological polar surface area (TPSA) is 67.5 Å². The Morgan fingerprint density at radius 3 is 2.71 bits per heavy atom. The van der Waals surface area contributed by atoms with E-state index in [4.69, 9.17) is 5.73 Å². The van der Waals surface area contributed by atoms with Crippen LogP contribution in [0.15, 0.2) is 65.7 Å². The van der Waals surface area contributed by atoms with E-state index in [-0.39, 0.29) is 11.6 Å². The maximum atomic E-state index is 14.4. The van der Waals surface area contributed by atoms with Crippen molar-refractivity contribution in [3.63, 3.8) is 0 Å². The molecular formula is C22H20FN3OS. The van der Waals surface area contributed by atoms with Crippen LogP contribution in [0, 0.1) is 5.82 Å². The summed E-state index contributed by atoms with van der Waals surface area (Å²) in [5.74, 6) is 0.0138. The molecule has 0 spiro atoms. The van der Waals surface area contributed by atoms with Gasteiger partial charge in [-0.2, -0.15) is 0 Å². The molecule has 0 saturated carbocycles. The van der Waals surface area contributed by atoms with Crippen molar-refractivity contribution in [2.75, 3.05) is 11.1 Å². The third-order valence-corrected chi connectivity index (χ3v) is 5.84. The van der Waals surface area contributed by atoms with Gasteiger partial charge in [-0.15, -0.1) is 0 Å². The van der Waals surface area contributed by atoms with E-state index in [0.29, 0.717) is 10.7 Å². The molecule has 3 N–H and O–H groups in total. The molecule has 28 heavy (non-hydrogen) atoms. The second kappa shape index (κ2) is 7.28. The summed E-state index contributed by atoms with van der Waals surface area (Å²) in [6.07, 6.45) is 0.794. The molecule has 1 aliphatic rings. The number of nitrogens with zero attached hydrogens (tertiary/aromatic N) is 1. The number of rotatable bonds is 3. The number of anilines is 1.